The van der Waals surface area contributed by atoms with Gasteiger partial charge in [-0.25, -0.2) is 4.79 Å². The van der Waals surface area contributed by atoms with Crippen molar-refractivity contribution in [3.8, 4) is 6.07 Å². The Bertz CT molecular complexity index is 594. The van der Waals surface area contributed by atoms with Crippen LogP contribution in [0.25, 0.3) is 0 Å². The van der Waals surface area contributed by atoms with Crippen LogP contribution in [0.1, 0.15) is 32.3 Å². The lowest BCUT2D eigenvalue weighted by Gasteiger charge is -2.25. The van der Waals surface area contributed by atoms with Gasteiger partial charge in [0.25, 0.3) is 0 Å². The van der Waals surface area contributed by atoms with E-state index in [0.29, 0.717) is 17.7 Å². The summed E-state index contributed by atoms with van der Waals surface area (Å²) in [5.74, 6) is -0.912. The number of aliphatic carboxylic acids is 1. The number of carbonyl (C=O) groups is 2. The van der Waals surface area contributed by atoms with E-state index in [1.54, 1.807) is 32.0 Å². The molecule has 1 aromatic carbocycles. The number of carboxylic acids is 1. The molecule has 1 rings (SSSR count). The molecule has 0 heterocycles. The molecule has 0 saturated carbocycles. The van der Waals surface area contributed by atoms with Gasteiger partial charge in [0.1, 0.15) is 6.07 Å². The number of hydrogen-bond acceptors (Lipinski definition) is 3. The zero-order chi connectivity index (χ0) is 16.0. The van der Waals surface area contributed by atoms with Gasteiger partial charge >= 0.3 is 12.0 Å². The van der Waals surface area contributed by atoms with Crippen LogP contribution in [0.3, 0.4) is 0 Å². The Hall–Kier alpha value is -2.07. The average molecular weight is 354 g/mol. The number of benzene rings is 1. The van der Waals surface area contributed by atoms with Crippen molar-refractivity contribution in [1.29, 1.82) is 5.26 Å². The highest BCUT2D eigenvalue weighted by molar-refractivity contribution is 9.10. The number of anilines is 1. The standard InChI is InChI=1S/C14H16BrN3O3/c1-14(2,6-5-12(19)20)18-13(21)17-11-4-3-10(15)7-9(11)8-16/h3-4,7H,5-6H2,1-2H3,(H,19,20)(H2,17,18,21). The van der Waals surface area contributed by atoms with Crippen LogP contribution in [-0.4, -0.2) is 22.6 Å². The Morgan fingerprint density at radius 2 is 2.10 bits per heavy atom. The molecule has 0 unspecified atom stereocenters. The van der Waals surface area contributed by atoms with E-state index in [-0.39, 0.29) is 6.42 Å². The molecule has 3 N–H and O–H groups in total. The van der Waals surface area contributed by atoms with Crippen LogP contribution in [0.15, 0.2) is 22.7 Å². The predicted molar refractivity (Wildman–Crippen MR) is 82.0 cm³/mol. The summed E-state index contributed by atoms with van der Waals surface area (Å²) < 4.78 is 0.742. The summed E-state index contributed by atoms with van der Waals surface area (Å²) in [6.07, 6.45) is 0.274. The van der Waals surface area contributed by atoms with Gasteiger partial charge in [0.05, 0.1) is 11.3 Å². The van der Waals surface area contributed by atoms with Crippen LogP contribution >= 0.6 is 15.9 Å². The number of carbonyl (C=O) groups excluding carboxylic acids is 1. The fourth-order valence-corrected chi connectivity index (χ4v) is 2.02. The van der Waals surface area contributed by atoms with Gasteiger partial charge in [0.2, 0.25) is 0 Å². The molecule has 0 saturated heterocycles. The van der Waals surface area contributed by atoms with Crippen LogP contribution < -0.4 is 10.6 Å². The van der Waals surface area contributed by atoms with Crippen molar-refractivity contribution in [2.24, 2.45) is 0 Å². The maximum Gasteiger partial charge on any atom is 0.319 e. The summed E-state index contributed by atoms with van der Waals surface area (Å²) in [4.78, 5) is 22.5. The van der Waals surface area contributed by atoms with Crippen LogP contribution in [0.5, 0.6) is 0 Å². The number of nitrogens with zero attached hydrogens (tertiary/aromatic N) is 1. The van der Waals surface area contributed by atoms with Crippen LogP contribution in [0.4, 0.5) is 10.5 Å². The third-order valence-corrected chi connectivity index (χ3v) is 3.26. The van der Waals surface area contributed by atoms with E-state index < -0.39 is 17.5 Å². The second-order valence-electron chi connectivity index (χ2n) is 5.16. The van der Waals surface area contributed by atoms with Crippen molar-refractivity contribution in [3.05, 3.63) is 28.2 Å². The first-order valence-corrected chi connectivity index (χ1v) is 7.03. The van der Waals surface area contributed by atoms with Gasteiger partial charge in [-0.1, -0.05) is 15.9 Å². The quantitative estimate of drug-likeness (QED) is 0.756. The van der Waals surface area contributed by atoms with Crippen LogP contribution in [0.2, 0.25) is 0 Å². The summed E-state index contributed by atoms with van der Waals surface area (Å²) in [5, 5.41) is 23.0. The highest BCUT2D eigenvalue weighted by Crippen LogP contribution is 2.20. The van der Waals surface area contributed by atoms with E-state index in [1.165, 1.54) is 0 Å². The Morgan fingerprint density at radius 1 is 1.43 bits per heavy atom. The van der Waals surface area contributed by atoms with E-state index >= 15 is 0 Å². The Morgan fingerprint density at radius 3 is 2.67 bits per heavy atom. The lowest BCUT2D eigenvalue weighted by Crippen LogP contribution is -2.45. The third-order valence-electron chi connectivity index (χ3n) is 2.77. The minimum absolute atomic E-state index is 0.0327. The third kappa shape index (κ3) is 5.83. The minimum Gasteiger partial charge on any atom is -0.481 e. The van der Waals surface area contributed by atoms with Gasteiger partial charge in [-0.2, -0.15) is 5.26 Å². The van der Waals surface area contributed by atoms with E-state index in [4.69, 9.17) is 10.4 Å². The molecule has 112 valence electrons. The molecule has 0 atom stereocenters. The molecular weight excluding hydrogens is 338 g/mol. The summed E-state index contributed by atoms with van der Waals surface area (Å²) in [7, 11) is 0. The van der Waals surface area contributed by atoms with Crippen molar-refractivity contribution in [2.75, 3.05) is 5.32 Å². The first kappa shape index (κ1) is 17.0. The van der Waals surface area contributed by atoms with Gasteiger partial charge in [-0.3, -0.25) is 4.79 Å². The molecular formula is C14H16BrN3O3. The molecule has 0 radical (unpaired) electrons. The molecule has 6 nitrogen and oxygen atoms in total. The summed E-state index contributed by atoms with van der Waals surface area (Å²) in [5.41, 5.74) is 0.0695. The fraction of sp³-hybridized carbons (Fsp3) is 0.357. The molecule has 1 aromatic rings. The molecule has 0 aromatic heterocycles. The van der Waals surface area contributed by atoms with Gasteiger partial charge in [-0.05, 0) is 38.5 Å². The van der Waals surface area contributed by atoms with Crippen molar-refractivity contribution >= 4 is 33.6 Å². The number of nitrogens with one attached hydrogen (secondary N) is 2. The van der Waals surface area contributed by atoms with Crippen molar-refractivity contribution in [1.82, 2.24) is 5.32 Å². The highest BCUT2D eigenvalue weighted by atomic mass is 79.9. The number of rotatable bonds is 5. The van der Waals surface area contributed by atoms with Crippen molar-refractivity contribution in [3.63, 3.8) is 0 Å². The number of nitriles is 1. The predicted octanol–water partition coefficient (Wildman–Crippen LogP) is 3.09. The van der Waals surface area contributed by atoms with Crippen LogP contribution in [-0.2, 0) is 4.79 Å². The first-order valence-electron chi connectivity index (χ1n) is 6.24. The van der Waals surface area contributed by atoms with Gasteiger partial charge in [-0.15, -0.1) is 0 Å². The Kier molecular flexibility index (Phi) is 5.73. The van der Waals surface area contributed by atoms with Gasteiger partial charge < -0.3 is 15.7 Å². The molecule has 0 aliphatic carbocycles. The minimum atomic E-state index is -0.912. The normalized spacial score (nSPS) is 10.6. The van der Waals surface area contributed by atoms with Gasteiger partial charge in [0, 0.05) is 16.4 Å². The summed E-state index contributed by atoms with van der Waals surface area (Å²) in [6.45, 7) is 3.48. The maximum absolute atomic E-state index is 11.9. The number of hydrogen-bond donors (Lipinski definition) is 3. The van der Waals surface area contributed by atoms with Crippen LogP contribution in [0, 0.1) is 11.3 Å². The highest BCUT2D eigenvalue weighted by Gasteiger charge is 2.21. The first-order chi connectivity index (χ1) is 9.73. The molecule has 0 aliphatic rings. The smallest absolute Gasteiger partial charge is 0.319 e. The van der Waals surface area contributed by atoms with E-state index in [9.17, 15) is 9.59 Å². The van der Waals surface area contributed by atoms with Gasteiger partial charge in [0.15, 0.2) is 0 Å². The number of halogens is 1. The fourth-order valence-electron chi connectivity index (χ4n) is 1.66. The Balaban J connectivity index is 2.70. The second-order valence-corrected chi connectivity index (χ2v) is 6.07. The topological polar surface area (TPSA) is 102 Å². The molecule has 0 fully saturated rings. The summed E-state index contributed by atoms with van der Waals surface area (Å²) in [6, 6.07) is 6.45. The number of urea groups is 1. The maximum atomic E-state index is 11.9. The van der Waals surface area contributed by atoms with Crippen molar-refractivity contribution < 1.29 is 14.7 Å². The zero-order valence-corrected chi connectivity index (χ0v) is 13.3. The SMILES string of the molecule is CC(C)(CCC(=O)O)NC(=O)Nc1ccc(Br)cc1C#N. The molecule has 0 spiro atoms. The molecule has 7 heteroatoms. The Labute approximate surface area is 131 Å². The second kappa shape index (κ2) is 7.09. The monoisotopic (exact) mass is 353 g/mol. The number of carboxylic acid groups (broad SMARTS) is 1. The number of amides is 2. The van der Waals surface area contributed by atoms with E-state index in [2.05, 4.69) is 26.6 Å². The molecule has 0 bridgehead atoms. The molecule has 0 aliphatic heterocycles. The average Bonchev–Trinajstić information content (AvgIpc) is 2.38. The summed E-state index contributed by atoms with van der Waals surface area (Å²) >= 11 is 3.25. The zero-order valence-electron chi connectivity index (χ0n) is 11.7. The van der Waals surface area contributed by atoms with E-state index in [0.717, 1.165) is 4.47 Å². The lowest BCUT2D eigenvalue weighted by atomic mass is 9.99. The molecule has 2 amide bonds. The largest absolute Gasteiger partial charge is 0.481 e. The van der Waals surface area contributed by atoms with Crippen molar-refractivity contribution in [2.45, 2.75) is 32.2 Å². The van der Waals surface area contributed by atoms with E-state index in [1.807, 2.05) is 6.07 Å². The lowest BCUT2D eigenvalue weighted by molar-refractivity contribution is -0.137. The molecule has 21 heavy (non-hydrogen) atoms.